The molecule has 1 aliphatic rings. The van der Waals surface area contributed by atoms with Crippen LogP contribution in [-0.4, -0.2) is 60.0 Å². The molecule has 1 fully saturated rings. The highest BCUT2D eigenvalue weighted by molar-refractivity contribution is 5.90. The van der Waals surface area contributed by atoms with E-state index in [1.165, 1.54) is 0 Å². The van der Waals surface area contributed by atoms with Crippen molar-refractivity contribution in [2.75, 3.05) is 38.7 Å². The van der Waals surface area contributed by atoms with Gasteiger partial charge >= 0.3 is 0 Å². The third-order valence-corrected chi connectivity index (χ3v) is 3.29. The lowest BCUT2D eigenvalue weighted by Gasteiger charge is -2.35. The van der Waals surface area contributed by atoms with Crippen molar-refractivity contribution in [3.05, 3.63) is 11.8 Å². The summed E-state index contributed by atoms with van der Waals surface area (Å²) in [5, 5.41) is 16.7. The zero-order valence-electron chi connectivity index (χ0n) is 11.9. The first-order valence-electron chi connectivity index (χ1n) is 6.69. The van der Waals surface area contributed by atoms with Gasteiger partial charge in [0.05, 0.1) is 17.8 Å². The molecule has 1 aliphatic heterocycles. The van der Waals surface area contributed by atoms with Gasteiger partial charge in [-0.25, -0.2) is 0 Å². The summed E-state index contributed by atoms with van der Waals surface area (Å²) in [5.74, 6) is 0.144. The van der Waals surface area contributed by atoms with E-state index in [-0.39, 0.29) is 12.5 Å². The van der Waals surface area contributed by atoms with Crippen LogP contribution < -0.4 is 5.32 Å². The summed E-state index contributed by atoms with van der Waals surface area (Å²) in [7, 11) is 1.80. The topological polar surface area (TPSA) is 87.8 Å². The van der Waals surface area contributed by atoms with Crippen molar-refractivity contribution in [2.45, 2.75) is 25.4 Å². The van der Waals surface area contributed by atoms with Crippen LogP contribution in [-0.2, 0) is 9.53 Å². The number of aromatic nitrogens is 1. The van der Waals surface area contributed by atoms with Gasteiger partial charge in [-0.05, 0) is 14.0 Å². The molecule has 2 heterocycles. The quantitative estimate of drug-likeness (QED) is 0.813. The lowest BCUT2D eigenvalue weighted by atomic mass is 9.94. The number of anilines is 1. The fraction of sp³-hybridized carbons (Fsp3) is 0.692. The van der Waals surface area contributed by atoms with Gasteiger partial charge in [-0.3, -0.25) is 15.0 Å². The van der Waals surface area contributed by atoms with E-state index in [4.69, 9.17) is 9.26 Å². The average Bonchev–Trinajstić information content (AvgIpc) is 2.74. The van der Waals surface area contributed by atoms with Gasteiger partial charge in [0.15, 0.2) is 0 Å². The Morgan fingerprint density at radius 3 is 2.85 bits per heavy atom. The standard InChI is InChI=1S/C13H21N3O4/c1-10-7-12(20-15-10)14-11(17)8-16(2)9-13(18)3-5-19-6-4-13/h7,18H,3-6,8-9H2,1-2H3,(H,14,17). The maximum Gasteiger partial charge on any atom is 0.240 e. The maximum absolute atomic E-state index is 11.8. The van der Waals surface area contributed by atoms with E-state index in [1.54, 1.807) is 24.9 Å². The lowest BCUT2D eigenvalue weighted by molar-refractivity contribution is -0.118. The largest absolute Gasteiger partial charge is 0.388 e. The van der Waals surface area contributed by atoms with Crippen LogP contribution in [0.25, 0.3) is 0 Å². The molecule has 1 aromatic heterocycles. The van der Waals surface area contributed by atoms with Crippen LogP contribution in [0.5, 0.6) is 0 Å². The normalized spacial score (nSPS) is 18.2. The second kappa shape index (κ2) is 6.34. The van der Waals surface area contributed by atoms with Gasteiger partial charge in [0, 0.05) is 38.7 Å². The number of carbonyl (C=O) groups is 1. The van der Waals surface area contributed by atoms with Gasteiger partial charge in [0.2, 0.25) is 11.8 Å². The third kappa shape index (κ3) is 4.29. The molecule has 2 N–H and O–H groups in total. The van der Waals surface area contributed by atoms with Crippen molar-refractivity contribution >= 4 is 11.8 Å². The lowest BCUT2D eigenvalue weighted by Crippen LogP contribution is -2.47. The molecule has 0 radical (unpaired) electrons. The summed E-state index contributed by atoms with van der Waals surface area (Å²) in [6.07, 6.45) is 1.19. The number of ether oxygens (including phenoxy) is 1. The number of nitrogens with zero attached hydrogens (tertiary/aromatic N) is 2. The number of rotatable bonds is 5. The van der Waals surface area contributed by atoms with E-state index in [1.807, 2.05) is 0 Å². The number of hydrogen-bond donors (Lipinski definition) is 2. The summed E-state index contributed by atoms with van der Waals surface area (Å²) < 4.78 is 10.2. The minimum Gasteiger partial charge on any atom is -0.388 e. The van der Waals surface area contributed by atoms with E-state index in [0.29, 0.717) is 44.2 Å². The van der Waals surface area contributed by atoms with Gasteiger partial charge in [-0.2, -0.15) is 0 Å². The van der Waals surface area contributed by atoms with Crippen LogP contribution in [0.1, 0.15) is 18.5 Å². The Kier molecular flexibility index (Phi) is 4.74. The SMILES string of the molecule is Cc1cc(NC(=O)CN(C)CC2(O)CCOCC2)on1. The molecule has 0 atom stereocenters. The fourth-order valence-electron chi connectivity index (χ4n) is 2.31. The molecule has 0 aliphatic carbocycles. The van der Waals surface area contributed by atoms with Crippen molar-refractivity contribution in [3.63, 3.8) is 0 Å². The Balaban J connectivity index is 1.78. The zero-order valence-corrected chi connectivity index (χ0v) is 11.9. The summed E-state index contributed by atoms with van der Waals surface area (Å²) in [6, 6.07) is 1.66. The minimum absolute atomic E-state index is 0.183. The van der Waals surface area contributed by atoms with Crippen molar-refractivity contribution in [1.29, 1.82) is 0 Å². The molecule has 20 heavy (non-hydrogen) atoms. The molecule has 1 saturated heterocycles. The van der Waals surface area contributed by atoms with Gasteiger partial charge < -0.3 is 14.4 Å². The molecular weight excluding hydrogens is 262 g/mol. The Hall–Kier alpha value is -1.44. The highest BCUT2D eigenvalue weighted by Gasteiger charge is 2.31. The Morgan fingerprint density at radius 2 is 2.25 bits per heavy atom. The molecule has 0 saturated carbocycles. The summed E-state index contributed by atoms with van der Waals surface area (Å²) in [6.45, 7) is 3.54. The van der Waals surface area contributed by atoms with Crippen molar-refractivity contribution in [1.82, 2.24) is 10.1 Å². The van der Waals surface area contributed by atoms with Crippen LogP contribution in [0.15, 0.2) is 10.6 Å². The predicted molar refractivity (Wildman–Crippen MR) is 72.4 cm³/mol. The Labute approximate surface area is 117 Å². The highest BCUT2D eigenvalue weighted by atomic mass is 16.5. The molecular formula is C13H21N3O4. The number of aryl methyl sites for hydroxylation is 1. The van der Waals surface area contributed by atoms with Gasteiger partial charge in [-0.15, -0.1) is 0 Å². The number of hydrogen-bond acceptors (Lipinski definition) is 6. The van der Waals surface area contributed by atoms with Gasteiger partial charge in [-0.1, -0.05) is 5.16 Å². The third-order valence-electron chi connectivity index (χ3n) is 3.29. The van der Waals surface area contributed by atoms with Crippen LogP contribution in [0.4, 0.5) is 5.88 Å². The second-order valence-electron chi connectivity index (χ2n) is 5.39. The predicted octanol–water partition coefficient (Wildman–Crippen LogP) is 0.395. The molecule has 1 aromatic rings. The van der Waals surface area contributed by atoms with Crippen LogP contribution in [0.2, 0.25) is 0 Å². The molecule has 1 amide bonds. The highest BCUT2D eigenvalue weighted by Crippen LogP contribution is 2.21. The number of nitrogens with one attached hydrogen (secondary N) is 1. The Morgan fingerprint density at radius 1 is 1.55 bits per heavy atom. The zero-order chi connectivity index (χ0) is 14.6. The molecule has 7 nitrogen and oxygen atoms in total. The first-order chi connectivity index (χ1) is 9.47. The summed E-state index contributed by atoms with van der Waals surface area (Å²) in [4.78, 5) is 13.6. The molecule has 0 bridgehead atoms. The number of carbonyl (C=O) groups excluding carboxylic acids is 1. The molecule has 0 aromatic carbocycles. The van der Waals surface area contributed by atoms with Crippen molar-refractivity contribution in [2.24, 2.45) is 0 Å². The number of likely N-dealkylation sites (N-methyl/N-ethyl adjacent to an activating group) is 1. The fourth-order valence-corrected chi connectivity index (χ4v) is 2.31. The summed E-state index contributed by atoms with van der Waals surface area (Å²) in [5.41, 5.74) is -0.0546. The molecule has 2 rings (SSSR count). The number of amides is 1. The van der Waals surface area contributed by atoms with Crippen LogP contribution in [0, 0.1) is 6.92 Å². The first-order valence-corrected chi connectivity index (χ1v) is 6.69. The van der Waals surface area contributed by atoms with Crippen molar-refractivity contribution < 1.29 is 19.2 Å². The van der Waals surface area contributed by atoms with Crippen molar-refractivity contribution in [3.8, 4) is 0 Å². The summed E-state index contributed by atoms with van der Waals surface area (Å²) >= 11 is 0. The molecule has 112 valence electrons. The van der Waals surface area contributed by atoms with E-state index in [9.17, 15) is 9.90 Å². The maximum atomic E-state index is 11.8. The molecule has 0 unspecified atom stereocenters. The van der Waals surface area contributed by atoms with E-state index >= 15 is 0 Å². The van der Waals surface area contributed by atoms with Crippen LogP contribution in [0.3, 0.4) is 0 Å². The van der Waals surface area contributed by atoms with E-state index in [0.717, 1.165) is 0 Å². The molecule has 7 heteroatoms. The first kappa shape index (κ1) is 15.0. The van der Waals surface area contributed by atoms with E-state index in [2.05, 4.69) is 10.5 Å². The van der Waals surface area contributed by atoms with Gasteiger partial charge in [0.1, 0.15) is 0 Å². The molecule has 0 spiro atoms. The average molecular weight is 283 g/mol. The number of aliphatic hydroxyl groups is 1. The smallest absolute Gasteiger partial charge is 0.240 e. The Bertz CT molecular complexity index is 454. The van der Waals surface area contributed by atoms with E-state index < -0.39 is 5.60 Å². The minimum atomic E-state index is -0.768. The monoisotopic (exact) mass is 283 g/mol. The van der Waals surface area contributed by atoms with Crippen LogP contribution >= 0.6 is 0 Å². The second-order valence-corrected chi connectivity index (χ2v) is 5.39. The van der Waals surface area contributed by atoms with Gasteiger partial charge in [0.25, 0.3) is 0 Å².